The molecule has 0 amide bonds. The molecule has 1 fully saturated rings. The zero-order valence-corrected chi connectivity index (χ0v) is 11.8. The Bertz CT molecular complexity index is 597. The molecule has 1 aliphatic rings. The van der Waals surface area contributed by atoms with E-state index < -0.39 is 11.9 Å². The van der Waals surface area contributed by atoms with Gasteiger partial charge in [0.1, 0.15) is 6.04 Å². The lowest BCUT2D eigenvalue weighted by molar-refractivity contribution is -0.710. The van der Waals surface area contributed by atoms with Gasteiger partial charge in [0.25, 0.3) is 0 Å². The van der Waals surface area contributed by atoms with Crippen LogP contribution in [0.2, 0.25) is 0 Å². The van der Waals surface area contributed by atoms with Gasteiger partial charge in [0.05, 0.1) is 18.4 Å². The zero-order valence-electron chi connectivity index (χ0n) is 11.8. The van der Waals surface area contributed by atoms with Crippen LogP contribution in [-0.4, -0.2) is 12.5 Å². The number of carboxylic acids is 1. The zero-order chi connectivity index (χ0) is 14.7. The Labute approximate surface area is 124 Å². The summed E-state index contributed by atoms with van der Waals surface area (Å²) in [6, 6.07) is 20.6. The van der Waals surface area contributed by atoms with Crippen LogP contribution >= 0.6 is 0 Å². The molecule has 0 spiro atoms. The third-order valence-electron chi connectivity index (χ3n) is 4.43. The Kier molecular flexibility index (Phi) is 4.02. The second-order valence-electron chi connectivity index (χ2n) is 5.67. The molecule has 2 aromatic carbocycles. The lowest BCUT2D eigenvalue weighted by Gasteiger charge is -2.35. The van der Waals surface area contributed by atoms with Crippen LogP contribution in [-0.2, 0) is 4.79 Å². The minimum atomic E-state index is -0.938. The highest BCUT2D eigenvalue weighted by Gasteiger charge is 2.35. The van der Waals surface area contributed by atoms with Gasteiger partial charge in [0, 0.05) is 17.9 Å². The number of carbonyl (C=O) groups is 1. The summed E-state index contributed by atoms with van der Waals surface area (Å²) >= 11 is 0. The van der Waals surface area contributed by atoms with E-state index in [1.807, 2.05) is 48.5 Å². The maximum absolute atomic E-state index is 11.5. The van der Waals surface area contributed by atoms with Gasteiger partial charge in [-0.3, -0.25) is 0 Å². The van der Waals surface area contributed by atoms with Crippen LogP contribution in [0.4, 0.5) is 0 Å². The minimum Gasteiger partial charge on any atom is -0.550 e. The van der Waals surface area contributed by atoms with E-state index >= 15 is 0 Å². The Hall–Kier alpha value is -2.13. The summed E-state index contributed by atoms with van der Waals surface area (Å²) in [5.74, 6) is -1.34. The number of nitrogens with two attached hydrogens (primary N) is 1. The maximum Gasteiger partial charge on any atom is 0.112 e. The molecule has 2 N–H and O–H groups in total. The maximum atomic E-state index is 11.5. The molecule has 1 aliphatic heterocycles. The van der Waals surface area contributed by atoms with Crippen molar-refractivity contribution in [2.45, 2.75) is 18.4 Å². The number of hydrogen-bond donors (Lipinski definition) is 1. The van der Waals surface area contributed by atoms with Gasteiger partial charge in [-0.2, -0.15) is 0 Å². The Balaban J connectivity index is 1.87. The number of hydrogen-bond acceptors (Lipinski definition) is 2. The highest BCUT2D eigenvalue weighted by Crippen LogP contribution is 2.34. The van der Waals surface area contributed by atoms with Crippen LogP contribution in [0.1, 0.15) is 29.5 Å². The number of rotatable bonds is 3. The first-order chi connectivity index (χ1) is 10.3. The van der Waals surface area contributed by atoms with Gasteiger partial charge in [-0.1, -0.05) is 60.7 Å². The molecule has 1 heterocycles. The molecule has 3 atom stereocenters. The van der Waals surface area contributed by atoms with Crippen LogP contribution < -0.4 is 10.4 Å². The van der Waals surface area contributed by atoms with Crippen molar-refractivity contribution >= 4 is 5.97 Å². The normalized spacial score (nSPS) is 25.4. The van der Waals surface area contributed by atoms with Crippen molar-refractivity contribution in [3.05, 3.63) is 71.8 Å². The van der Waals surface area contributed by atoms with Crippen molar-refractivity contribution in [2.75, 3.05) is 6.54 Å². The van der Waals surface area contributed by atoms with E-state index in [9.17, 15) is 9.90 Å². The monoisotopic (exact) mass is 281 g/mol. The highest BCUT2D eigenvalue weighted by molar-refractivity contribution is 5.69. The molecule has 0 aromatic heterocycles. The smallest absolute Gasteiger partial charge is 0.112 e. The average molecular weight is 281 g/mol. The second kappa shape index (κ2) is 6.10. The largest absolute Gasteiger partial charge is 0.550 e. The van der Waals surface area contributed by atoms with Gasteiger partial charge in [-0.15, -0.1) is 0 Å². The van der Waals surface area contributed by atoms with Crippen molar-refractivity contribution < 1.29 is 15.2 Å². The summed E-state index contributed by atoms with van der Waals surface area (Å²) in [5.41, 5.74) is 2.36. The number of carbonyl (C=O) groups excluding carboxylic acids is 1. The van der Waals surface area contributed by atoms with Gasteiger partial charge in [-0.05, 0) is 5.56 Å². The molecule has 0 bridgehead atoms. The van der Waals surface area contributed by atoms with Gasteiger partial charge < -0.3 is 15.2 Å². The topological polar surface area (TPSA) is 56.7 Å². The molecular weight excluding hydrogens is 262 g/mol. The van der Waals surface area contributed by atoms with Crippen molar-refractivity contribution in [3.63, 3.8) is 0 Å². The van der Waals surface area contributed by atoms with Crippen LogP contribution in [0.5, 0.6) is 0 Å². The van der Waals surface area contributed by atoms with E-state index in [2.05, 4.69) is 17.4 Å². The summed E-state index contributed by atoms with van der Waals surface area (Å²) in [4.78, 5) is 11.5. The number of quaternary nitrogens is 1. The number of piperidine rings is 1. The van der Waals surface area contributed by atoms with Crippen molar-refractivity contribution in [1.82, 2.24) is 0 Å². The first-order valence-electron chi connectivity index (χ1n) is 7.40. The van der Waals surface area contributed by atoms with Crippen LogP contribution in [0.25, 0.3) is 0 Å². The lowest BCUT2D eigenvalue weighted by atomic mass is 9.77. The molecule has 0 aliphatic carbocycles. The van der Waals surface area contributed by atoms with Gasteiger partial charge >= 0.3 is 0 Å². The summed E-state index contributed by atoms with van der Waals surface area (Å²) < 4.78 is 0. The number of carboxylic acid groups (broad SMARTS) is 1. The van der Waals surface area contributed by atoms with Crippen molar-refractivity contribution in [3.8, 4) is 0 Å². The molecule has 3 heteroatoms. The quantitative estimate of drug-likeness (QED) is 0.906. The van der Waals surface area contributed by atoms with E-state index in [0.717, 1.165) is 12.0 Å². The lowest BCUT2D eigenvalue weighted by Crippen LogP contribution is -2.89. The molecule has 0 saturated carbocycles. The fourth-order valence-electron chi connectivity index (χ4n) is 3.31. The average Bonchev–Trinajstić information content (AvgIpc) is 2.56. The van der Waals surface area contributed by atoms with E-state index in [1.165, 1.54) is 5.56 Å². The van der Waals surface area contributed by atoms with E-state index in [0.29, 0.717) is 12.6 Å². The second-order valence-corrected chi connectivity index (χ2v) is 5.67. The first-order valence-corrected chi connectivity index (χ1v) is 7.40. The van der Waals surface area contributed by atoms with Crippen molar-refractivity contribution in [2.24, 2.45) is 5.92 Å². The van der Waals surface area contributed by atoms with Crippen molar-refractivity contribution in [1.29, 1.82) is 0 Å². The van der Waals surface area contributed by atoms with Gasteiger partial charge in [0.15, 0.2) is 0 Å². The van der Waals surface area contributed by atoms with Gasteiger partial charge in [-0.25, -0.2) is 0 Å². The van der Waals surface area contributed by atoms with Crippen LogP contribution in [0, 0.1) is 5.92 Å². The standard InChI is InChI=1S/C18H19NO2/c20-18(21)16-12-19-17(14-9-5-2-6-10-14)11-15(16)13-7-3-1-4-8-13/h1-10,15-17,19H,11-12H2,(H,20,21)/t15-,16-,17-/m0/s1. The van der Waals surface area contributed by atoms with Gasteiger partial charge in [0.2, 0.25) is 0 Å². The number of aliphatic carboxylic acids is 1. The Morgan fingerprint density at radius 2 is 1.52 bits per heavy atom. The molecule has 0 radical (unpaired) electrons. The molecule has 3 nitrogen and oxygen atoms in total. The number of benzene rings is 2. The van der Waals surface area contributed by atoms with E-state index in [-0.39, 0.29) is 5.92 Å². The molecule has 2 aromatic rings. The summed E-state index contributed by atoms with van der Waals surface area (Å²) in [6.45, 7) is 0.571. The molecule has 21 heavy (non-hydrogen) atoms. The van der Waals surface area contributed by atoms with E-state index in [4.69, 9.17) is 0 Å². The summed E-state index contributed by atoms with van der Waals surface area (Å²) in [5, 5.41) is 13.6. The van der Waals surface area contributed by atoms with Crippen LogP contribution in [0.3, 0.4) is 0 Å². The third kappa shape index (κ3) is 2.98. The summed E-state index contributed by atoms with van der Waals surface area (Å²) in [7, 11) is 0. The van der Waals surface area contributed by atoms with E-state index in [1.54, 1.807) is 0 Å². The van der Waals surface area contributed by atoms with Crippen LogP contribution in [0.15, 0.2) is 60.7 Å². The Morgan fingerprint density at radius 3 is 2.10 bits per heavy atom. The molecule has 3 rings (SSSR count). The SMILES string of the molecule is O=C([O-])[C@H]1C[NH2+][C@H](c2ccccc2)C[C@H]1c1ccccc1. The predicted molar refractivity (Wildman–Crippen MR) is 78.3 cm³/mol. The molecular formula is C18H19NO2. The fraction of sp³-hybridized carbons (Fsp3) is 0.278. The minimum absolute atomic E-state index is 0.0198. The predicted octanol–water partition coefficient (Wildman–Crippen LogP) is 0.845. The highest BCUT2D eigenvalue weighted by atomic mass is 16.4. The Morgan fingerprint density at radius 1 is 0.952 bits per heavy atom. The molecule has 0 unspecified atom stereocenters. The fourth-order valence-corrected chi connectivity index (χ4v) is 3.31. The molecule has 108 valence electrons. The summed E-state index contributed by atoms with van der Waals surface area (Å²) in [6.07, 6.45) is 0.826. The third-order valence-corrected chi connectivity index (χ3v) is 4.43. The first kappa shape index (κ1) is 13.8. The molecule has 1 saturated heterocycles.